The average Bonchev–Trinajstić information content (AvgIpc) is 2.70. The predicted octanol–water partition coefficient (Wildman–Crippen LogP) is 3.27. The second-order valence-electron chi connectivity index (χ2n) is 5.83. The van der Waals surface area contributed by atoms with Crippen molar-refractivity contribution >= 4 is 17.7 Å². The summed E-state index contributed by atoms with van der Waals surface area (Å²) in [7, 11) is 0. The van der Waals surface area contributed by atoms with E-state index in [0.29, 0.717) is 11.4 Å². The Labute approximate surface area is 161 Å². The highest BCUT2D eigenvalue weighted by Gasteiger charge is 2.18. The monoisotopic (exact) mass is 375 g/mol. The molecule has 0 aliphatic heterocycles. The number of aromatic nitrogens is 2. The molecule has 2 heterocycles. The number of fused-ring (bicyclic) bond motifs is 1. The first-order valence-electron chi connectivity index (χ1n) is 8.59. The molecular formula is C21H17N3O4. The van der Waals surface area contributed by atoms with Crippen LogP contribution in [0.15, 0.2) is 59.0 Å². The van der Waals surface area contributed by atoms with Crippen molar-refractivity contribution in [2.75, 3.05) is 6.61 Å². The normalized spacial score (nSPS) is 11.1. The number of rotatable bonds is 5. The van der Waals surface area contributed by atoms with E-state index >= 15 is 0 Å². The molecule has 0 unspecified atom stereocenters. The molecular weight excluding hydrogens is 358 g/mol. The van der Waals surface area contributed by atoms with Gasteiger partial charge in [-0.05, 0) is 43.7 Å². The van der Waals surface area contributed by atoms with E-state index in [2.05, 4.69) is 4.98 Å². The highest BCUT2D eigenvalue weighted by molar-refractivity contribution is 5.98. The first-order valence-corrected chi connectivity index (χ1v) is 8.59. The Hall–Kier alpha value is -3.92. The molecule has 0 N–H and O–H groups in total. The van der Waals surface area contributed by atoms with Gasteiger partial charge >= 0.3 is 5.97 Å². The molecule has 0 spiro atoms. The molecule has 7 nitrogen and oxygen atoms in total. The maximum Gasteiger partial charge on any atom is 0.348 e. The van der Waals surface area contributed by atoms with Gasteiger partial charge in [-0.1, -0.05) is 24.3 Å². The van der Waals surface area contributed by atoms with E-state index in [1.807, 2.05) is 19.1 Å². The molecule has 0 bridgehead atoms. The van der Waals surface area contributed by atoms with Crippen LogP contribution in [-0.4, -0.2) is 22.0 Å². The van der Waals surface area contributed by atoms with Crippen LogP contribution >= 0.6 is 0 Å². The fourth-order valence-electron chi connectivity index (χ4n) is 2.58. The molecule has 28 heavy (non-hydrogen) atoms. The number of nitrogens with zero attached hydrogens (tertiary/aromatic N) is 3. The lowest BCUT2D eigenvalue weighted by Crippen LogP contribution is -2.20. The maximum atomic E-state index is 13.1. The Morgan fingerprint density at radius 3 is 2.68 bits per heavy atom. The third-order valence-electron chi connectivity index (χ3n) is 3.91. The summed E-state index contributed by atoms with van der Waals surface area (Å²) in [4.78, 5) is 29.5. The summed E-state index contributed by atoms with van der Waals surface area (Å²) in [5.41, 5.74) is 0.406. The zero-order valence-electron chi connectivity index (χ0n) is 15.4. The molecule has 1 aromatic carbocycles. The van der Waals surface area contributed by atoms with Crippen LogP contribution in [0.4, 0.5) is 0 Å². The van der Waals surface area contributed by atoms with Gasteiger partial charge in [0.15, 0.2) is 0 Å². The van der Waals surface area contributed by atoms with E-state index in [1.54, 1.807) is 49.5 Å². The molecule has 0 aliphatic rings. The van der Waals surface area contributed by atoms with Crippen molar-refractivity contribution in [2.24, 2.45) is 0 Å². The topological polar surface area (TPSA) is 93.7 Å². The van der Waals surface area contributed by atoms with E-state index in [9.17, 15) is 14.9 Å². The van der Waals surface area contributed by atoms with Gasteiger partial charge in [0.05, 0.1) is 6.61 Å². The predicted molar refractivity (Wildman–Crippen MR) is 103 cm³/mol. The van der Waals surface area contributed by atoms with Crippen molar-refractivity contribution in [3.05, 3.63) is 75.7 Å². The molecule has 0 fully saturated rings. The molecule has 0 aliphatic carbocycles. The van der Waals surface area contributed by atoms with Gasteiger partial charge in [0, 0.05) is 6.20 Å². The van der Waals surface area contributed by atoms with Crippen molar-refractivity contribution < 1.29 is 14.3 Å². The van der Waals surface area contributed by atoms with Gasteiger partial charge < -0.3 is 9.47 Å². The number of hydrogen-bond donors (Lipinski definition) is 0. The lowest BCUT2D eigenvalue weighted by molar-refractivity contribution is -0.137. The number of nitriles is 1. The minimum atomic E-state index is -0.815. The van der Waals surface area contributed by atoms with Crippen molar-refractivity contribution in [1.82, 2.24) is 9.38 Å². The molecule has 0 amide bonds. The number of carbonyl (C=O) groups excluding carboxylic acids is 1. The highest BCUT2D eigenvalue weighted by atomic mass is 16.5. The van der Waals surface area contributed by atoms with E-state index in [-0.39, 0.29) is 23.6 Å². The number of esters is 1. The second kappa shape index (κ2) is 8.18. The van der Waals surface area contributed by atoms with Crippen LogP contribution in [0.25, 0.3) is 11.7 Å². The molecule has 3 aromatic rings. The van der Waals surface area contributed by atoms with Crippen molar-refractivity contribution in [3.8, 4) is 17.7 Å². The fraction of sp³-hybridized carbons (Fsp3) is 0.143. The Morgan fingerprint density at radius 1 is 1.25 bits per heavy atom. The Kier molecular flexibility index (Phi) is 5.51. The minimum Gasteiger partial charge on any atom is -0.462 e. The molecule has 7 heteroatoms. The SMILES string of the molecule is CCOC(=O)/C(C#N)=C/c1c(Oc2ccccc2)nc2c(C)cccn2c1=O. The van der Waals surface area contributed by atoms with Gasteiger partial charge in [-0.25, -0.2) is 4.79 Å². The van der Waals surface area contributed by atoms with Crippen molar-refractivity contribution in [2.45, 2.75) is 13.8 Å². The molecule has 140 valence electrons. The van der Waals surface area contributed by atoms with Crippen LogP contribution in [0.2, 0.25) is 0 Å². The Morgan fingerprint density at radius 2 is 2.00 bits per heavy atom. The summed E-state index contributed by atoms with van der Waals surface area (Å²) >= 11 is 0. The number of ether oxygens (including phenoxy) is 2. The fourth-order valence-corrected chi connectivity index (χ4v) is 2.58. The van der Waals surface area contributed by atoms with Crippen LogP contribution < -0.4 is 10.3 Å². The lowest BCUT2D eigenvalue weighted by Gasteiger charge is -2.11. The zero-order valence-corrected chi connectivity index (χ0v) is 15.4. The van der Waals surface area contributed by atoms with Crippen LogP contribution in [0.1, 0.15) is 18.1 Å². The molecule has 3 rings (SSSR count). The summed E-state index contributed by atoms with van der Waals surface area (Å²) in [6, 6.07) is 14.1. The Bertz CT molecular complexity index is 1160. The molecule has 0 radical (unpaired) electrons. The van der Waals surface area contributed by atoms with Gasteiger partial charge in [-0.15, -0.1) is 0 Å². The third-order valence-corrected chi connectivity index (χ3v) is 3.91. The summed E-state index contributed by atoms with van der Waals surface area (Å²) in [6.45, 7) is 3.56. The molecule has 2 aromatic heterocycles. The zero-order chi connectivity index (χ0) is 20.1. The van der Waals surface area contributed by atoms with E-state index in [4.69, 9.17) is 9.47 Å². The second-order valence-corrected chi connectivity index (χ2v) is 5.83. The third kappa shape index (κ3) is 3.76. The number of hydrogen-bond acceptors (Lipinski definition) is 6. The summed E-state index contributed by atoms with van der Waals surface area (Å²) in [6.07, 6.45) is 2.72. The smallest absolute Gasteiger partial charge is 0.348 e. The largest absolute Gasteiger partial charge is 0.462 e. The van der Waals surface area contributed by atoms with E-state index in [1.165, 1.54) is 4.40 Å². The van der Waals surface area contributed by atoms with Crippen molar-refractivity contribution in [3.63, 3.8) is 0 Å². The number of pyridine rings is 1. The van der Waals surface area contributed by atoms with Crippen LogP contribution in [-0.2, 0) is 9.53 Å². The number of carbonyl (C=O) groups is 1. The summed E-state index contributed by atoms with van der Waals surface area (Å²) in [5, 5.41) is 9.32. The molecule has 0 saturated heterocycles. The standard InChI is InChI=1S/C21H17N3O4/c1-3-27-21(26)15(13-22)12-17-19(28-16-9-5-4-6-10-16)23-18-14(2)8-7-11-24(18)20(17)25/h4-12H,3H2,1-2H3/b15-12+. The molecule has 0 atom stereocenters. The minimum absolute atomic E-state index is 0.00236. The highest BCUT2D eigenvalue weighted by Crippen LogP contribution is 2.24. The molecule has 0 saturated carbocycles. The number of benzene rings is 1. The van der Waals surface area contributed by atoms with Gasteiger partial charge in [0.1, 0.15) is 28.6 Å². The Balaban J connectivity index is 2.25. The first kappa shape index (κ1) is 18.9. The number of aryl methyl sites for hydroxylation is 1. The van der Waals surface area contributed by atoms with Gasteiger partial charge in [0.25, 0.3) is 5.56 Å². The van der Waals surface area contributed by atoms with Crippen LogP contribution in [0.5, 0.6) is 11.6 Å². The first-order chi connectivity index (χ1) is 13.5. The summed E-state index contributed by atoms with van der Waals surface area (Å²) in [5.74, 6) is -0.344. The van der Waals surface area contributed by atoms with Crippen LogP contribution in [0.3, 0.4) is 0 Å². The quantitative estimate of drug-likeness (QED) is 0.386. The average molecular weight is 375 g/mol. The van der Waals surface area contributed by atoms with Gasteiger partial charge in [-0.2, -0.15) is 10.2 Å². The van der Waals surface area contributed by atoms with Crippen LogP contribution in [0, 0.1) is 18.3 Å². The van der Waals surface area contributed by atoms with Crippen molar-refractivity contribution in [1.29, 1.82) is 5.26 Å². The lowest BCUT2D eigenvalue weighted by atomic mass is 10.2. The van der Waals surface area contributed by atoms with E-state index in [0.717, 1.165) is 11.6 Å². The van der Waals surface area contributed by atoms with Gasteiger partial charge in [-0.3, -0.25) is 9.20 Å². The number of para-hydroxylation sites is 1. The van der Waals surface area contributed by atoms with Gasteiger partial charge in [0.2, 0.25) is 5.88 Å². The van der Waals surface area contributed by atoms with E-state index < -0.39 is 11.5 Å². The summed E-state index contributed by atoms with van der Waals surface area (Å²) < 4.78 is 12.0. The maximum absolute atomic E-state index is 13.1.